The lowest BCUT2D eigenvalue weighted by molar-refractivity contribution is -0.140. The summed E-state index contributed by atoms with van der Waals surface area (Å²) in [5.41, 5.74) is -0.442. The van der Waals surface area contributed by atoms with Gasteiger partial charge >= 0.3 is 6.18 Å². The molecule has 0 saturated carbocycles. The maximum atomic E-state index is 13.6. The normalized spacial score (nSPS) is 13.2. The van der Waals surface area contributed by atoms with E-state index in [0.717, 1.165) is 12.1 Å². The zero-order valence-electron chi connectivity index (χ0n) is 10.4. The summed E-state index contributed by atoms with van der Waals surface area (Å²) in [5.74, 6) is -1.31. The van der Waals surface area contributed by atoms with Crippen molar-refractivity contribution in [3.05, 3.63) is 59.4 Å². The van der Waals surface area contributed by atoms with Gasteiger partial charge in [0, 0.05) is 12.4 Å². The van der Waals surface area contributed by atoms with Gasteiger partial charge in [0.15, 0.2) is 0 Å². The molecular weight excluding hydrogens is 274 g/mol. The first-order valence-corrected chi connectivity index (χ1v) is 5.73. The molecule has 0 bridgehead atoms. The van der Waals surface area contributed by atoms with Crippen LogP contribution in [0.4, 0.5) is 17.6 Å². The molecule has 0 spiro atoms. The largest absolute Gasteiger partial charge is 0.419 e. The fraction of sp³-hybridized carbons (Fsp3) is 0.231. The van der Waals surface area contributed by atoms with Gasteiger partial charge in [-0.25, -0.2) is 4.39 Å². The van der Waals surface area contributed by atoms with Crippen LogP contribution in [0.15, 0.2) is 36.8 Å². The third kappa shape index (κ3) is 2.93. The van der Waals surface area contributed by atoms with Crippen LogP contribution in [-0.2, 0) is 6.18 Å². The van der Waals surface area contributed by atoms with E-state index in [0.29, 0.717) is 11.3 Å². The van der Waals surface area contributed by atoms with Gasteiger partial charge in [-0.1, -0.05) is 6.07 Å². The highest BCUT2D eigenvalue weighted by molar-refractivity contribution is 5.32. The van der Waals surface area contributed by atoms with Gasteiger partial charge in [0.25, 0.3) is 0 Å². The zero-order valence-corrected chi connectivity index (χ0v) is 10.4. The van der Waals surface area contributed by atoms with Gasteiger partial charge in [-0.2, -0.15) is 13.2 Å². The van der Waals surface area contributed by atoms with E-state index in [-0.39, 0.29) is 0 Å². The lowest BCUT2D eigenvalue weighted by Gasteiger charge is -2.17. The molecule has 1 aromatic heterocycles. The number of alkyl halides is 3. The van der Waals surface area contributed by atoms with Crippen LogP contribution in [0.1, 0.15) is 22.9 Å². The van der Waals surface area contributed by atoms with Crippen LogP contribution >= 0.6 is 0 Å². The Morgan fingerprint density at radius 1 is 1.20 bits per heavy atom. The van der Waals surface area contributed by atoms with Crippen LogP contribution in [-0.4, -0.2) is 17.0 Å². The summed E-state index contributed by atoms with van der Waals surface area (Å²) in [6.45, 7) is 0. The van der Waals surface area contributed by atoms with Crippen molar-refractivity contribution in [2.24, 2.45) is 0 Å². The number of halogens is 4. The fourth-order valence-electron chi connectivity index (χ4n) is 1.89. The van der Waals surface area contributed by atoms with Crippen molar-refractivity contribution < 1.29 is 17.6 Å². The number of hydrogen-bond donors (Lipinski definition) is 1. The van der Waals surface area contributed by atoms with E-state index in [1.807, 2.05) is 0 Å². The molecule has 0 fully saturated rings. The van der Waals surface area contributed by atoms with Crippen molar-refractivity contribution in [1.82, 2.24) is 15.3 Å². The summed E-state index contributed by atoms with van der Waals surface area (Å²) in [6, 6.07) is 2.28. The molecule has 2 rings (SSSR count). The molecule has 1 N–H and O–H groups in total. The molecule has 0 aliphatic heterocycles. The third-order valence-corrected chi connectivity index (χ3v) is 2.80. The summed E-state index contributed by atoms with van der Waals surface area (Å²) < 4.78 is 51.1. The highest BCUT2D eigenvalue weighted by Gasteiger charge is 2.34. The van der Waals surface area contributed by atoms with Gasteiger partial charge in [-0.15, -0.1) is 0 Å². The number of aromatic nitrogens is 2. The smallest absolute Gasteiger partial charge is 0.308 e. The van der Waals surface area contributed by atoms with E-state index in [9.17, 15) is 17.6 Å². The Balaban J connectivity index is 2.40. The minimum Gasteiger partial charge on any atom is -0.308 e. The molecule has 0 aliphatic carbocycles. The monoisotopic (exact) mass is 285 g/mol. The van der Waals surface area contributed by atoms with E-state index in [1.54, 1.807) is 7.05 Å². The van der Waals surface area contributed by atoms with Crippen LogP contribution in [0, 0.1) is 5.82 Å². The Morgan fingerprint density at radius 3 is 2.45 bits per heavy atom. The molecule has 1 aromatic carbocycles. The predicted molar refractivity (Wildman–Crippen MR) is 64.3 cm³/mol. The minimum atomic E-state index is -4.70. The van der Waals surface area contributed by atoms with Crippen molar-refractivity contribution >= 4 is 0 Å². The second kappa shape index (κ2) is 5.54. The molecule has 1 heterocycles. The molecule has 1 unspecified atom stereocenters. The number of nitrogens with zero attached hydrogens (tertiary/aromatic N) is 2. The molecule has 3 nitrogen and oxygen atoms in total. The average molecular weight is 285 g/mol. The Hall–Kier alpha value is -2.02. The zero-order chi connectivity index (χ0) is 14.8. The second-order valence-electron chi connectivity index (χ2n) is 4.09. The van der Waals surface area contributed by atoms with E-state index in [4.69, 9.17) is 0 Å². The van der Waals surface area contributed by atoms with E-state index in [2.05, 4.69) is 15.3 Å². The van der Waals surface area contributed by atoms with Crippen molar-refractivity contribution in [1.29, 1.82) is 0 Å². The molecule has 7 heteroatoms. The standard InChI is InChI=1S/C13H11F4N3/c1-18-12(11-7-19-4-5-20-11)8-2-3-9(10(14)6-8)13(15,16)17/h2-7,12,18H,1H3. The van der Waals surface area contributed by atoms with Crippen LogP contribution in [0.5, 0.6) is 0 Å². The number of hydrogen-bond acceptors (Lipinski definition) is 3. The van der Waals surface area contributed by atoms with Crippen LogP contribution in [0.3, 0.4) is 0 Å². The number of rotatable bonds is 3. The quantitative estimate of drug-likeness (QED) is 0.881. The Bertz CT molecular complexity index is 584. The number of benzene rings is 1. The van der Waals surface area contributed by atoms with Gasteiger partial charge < -0.3 is 5.32 Å². The predicted octanol–water partition coefficient (Wildman–Crippen LogP) is 2.94. The molecule has 20 heavy (non-hydrogen) atoms. The highest BCUT2D eigenvalue weighted by Crippen LogP contribution is 2.33. The third-order valence-electron chi connectivity index (χ3n) is 2.80. The molecular formula is C13H11F4N3. The van der Waals surface area contributed by atoms with Crippen LogP contribution in [0.2, 0.25) is 0 Å². The van der Waals surface area contributed by atoms with Crippen LogP contribution < -0.4 is 5.32 Å². The Labute approximate surface area is 112 Å². The average Bonchev–Trinajstić information content (AvgIpc) is 2.39. The van der Waals surface area contributed by atoms with Gasteiger partial charge in [0.2, 0.25) is 0 Å². The summed E-state index contributed by atoms with van der Waals surface area (Å²) in [5, 5.41) is 2.87. The van der Waals surface area contributed by atoms with E-state index in [1.165, 1.54) is 24.7 Å². The number of nitrogens with one attached hydrogen (secondary N) is 1. The first kappa shape index (κ1) is 14.4. The molecule has 1 atom stereocenters. The summed E-state index contributed by atoms with van der Waals surface area (Å²) in [6.07, 6.45) is -0.301. The molecule has 2 aromatic rings. The lowest BCUT2D eigenvalue weighted by Crippen LogP contribution is -2.20. The van der Waals surface area contributed by atoms with E-state index < -0.39 is 23.6 Å². The van der Waals surface area contributed by atoms with Gasteiger partial charge in [-0.05, 0) is 24.7 Å². The molecule has 0 aliphatic rings. The van der Waals surface area contributed by atoms with Crippen LogP contribution in [0.25, 0.3) is 0 Å². The Morgan fingerprint density at radius 2 is 1.95 bits per heavy atom. The second-order valence-corrected chi connectivity index (χ2v) is 4.09. The maximum absolute atomic E-state index is 13.6. The summed E-state index contributed by atoms with van der Waals surface area (Å²) >= 11 is 0. The van der Waals surface area contributed by atoms with Gasteiger partial charge in [0.1, 0.15) is 5.82 Å². The van der Waals surface area contributed by atoms with E-state index >= 15 is 0 Å². The highest BCUT2D eigenvalue weighted by atomic mass is 19.4. The molecule has 0 saturated heterocycles. The Kier molecular flexibility index (Phi) is 3.99. The first-order chi connectivity index (χ1) is 9.43. The summed E-state index contributed by atoms with van der Waals surface area (Å²) in [4.78, 5) is 7.94. The topological polar surface area (TPSA) is 37.8 Å². The van der Waals surface area contributed by atoms with Crippen molar-refractivity contribution in [3.63, 3.8) is 0 Å². The maximum Gasteiger partial charge on any atom is 0.419 e. The minimum absolute atomic E-state index is 0.346. The lowest BCUT2D eigenvalue weighted by atomic mass is 10.0. The first-order valence-electron chi connectivity index (χ1n) is 5.73. The van der Waals surface area contributed by atoms with Crippen molar-refractivity contribution in [3.8, 4) is 0 Å². The SMILES string of the molecule is CNC(c1ccc(C(F)(F)F)c(F)c1)c1cnccn1. The van der Waals surface area contributed by atoms with Gasteiger partial charge in [-0.3, -0.25) is 9.97 Å². The fourth-order valence-corrected chi connectivity index (χ4v) is 1.89. The molecule has 0 amide bonds. The molecule has 106 valence electrons. The molecule has 0 radical (unpaired) electrons. The summed E-state index contributed by atoms with van der Waals surface area (Å²) in [7, 11) is 1.61. The van der Waals surface area contributed by atoms with Crippen molar-refractivity contribution in [2.45, 2.75) is 12.2 Å². The van der Waals surface area contributed by atoms with Crippen molar-refractivity contribution in [2.75, 3.05) is 7.05 Å². The van der Waals surface area contributed by atoms with Gasteiger partial charge in [0.05, 0.1) is 23.5 Å².